The number of carbonyl (C=O) groups excluding carboxylic acids is 2. The Bertz CT molecular complexity index is 1530. The standard InChI is InChI=1S/C59H100NO8P/c1-6-8-10-12-14-16-18-20-21-22-23-24-25-26-27-28-29-30-31-32-33-34-35-36-37-38-39-40-42-44-46-48-50-52-59(62)68-57(56-67-69(63,64)66-54-53-60(3,4)5)55-65-58(61)51-49-47-45-43-41-19-17-15-13-11-9-7-2/h8,10,14,16,20-21,23-24,26-27,29-30,32-33,35-36,38-39,57H,6-7,9,11-13,15,17-19,22,25,28,31,34,37,40-56H2,1-5H3/b10-8-,16-14-,21-20-,24-23-,27-26-,30-29-,33-32-,36-35-,39-38-. The lowest BCUT2D eigenvalue weighted by Gasteiger charge is -2.28. The molecule has 0 aliphatic rings. The van der Waals surface area contributed by atoms with Gasteiger partial charge in [0, 0.05) is 12.8 Å². The molecule has 0 rings (SSSR count). The lowest BCUT2D eigenvalue weighted by molar-refractivity contribution is -0.870. The molecule has 9 nitrogen and oxygen atoms in total. The third-order valence-electron chi connectivity index (χ3n) is 11.1. The lowest BCUT2D eigenvalue weighted by atomic mass is 10.0. The Kier molecular flexibility index (Phi) is 47.2. The Morgan fingerprint density at radius 2 is 0.826 bits per heavy atom. The van der Waals surface area contributed by atoms with E-state index in [1.54, 1.807) is 0 Å². The van der Waals surface area contributed by atoms with Crippen molar-refractivity contribution in [3.05, 3.63) is 109 Å². The minimum atomic E-state index is -4.64. The highest BCUT2D eigenvalue weighted by Gasteiger charge is 2.21. The second-order valence-corrected chi connectivity index (χ2v) is 20.3. The molecule has 0 saturated carbocycles. The Morgan fingerprint density at radius 3 is 1.23 bits per heavy atom. The molecule has 0 aliphatic carbocycles. The zero-order chi connectivity index (χ0) is 50.6. The summed E-state index contributed by atoms with van der Waals surface area (Å²) in [6.45, 7) is 4.08. The number of phosphoric acid groups is 1. The maximum atomic E-state index is 12.7. The van der Waals surface area contributed by atoms with Crippen LogP contribution < -0.4 is 4.89 Å². The van der Waals surface area contributed by atoms with E-state index in [0.29, 0.717) is 17.4 Å². The van der Waals surface area contributed by atoms with Crippen LogP contribution in [0.2, 0.25) is 0 Å². The first-order valence-electron chi connectivity index (χ1n) is 27.1. The molecule has 0 aliphatic heterocycles. The largest absolute Gasteiger partial charge is 0.756 e. The van der Waals surface area contributed by atoms with Gasteiger partial charge in [0.25, 0.3) is 7.82 Å². The number of quaternary nitrogens is 1. The molecule has 0 N–H and O–H groups in total. The van der Waals surface area contributed by atoms with Crippen LogP contribution in [0.3, 0.4) is 0 Å². The molecular weight excluding hydrogens is 882 g/mol. The van der Waals surface area contributed by atoms with Gasteiger partial charge in [-0.1, -0.05) is 213 Å². The van der Waals surface area contributed by atoms with Gasteiger partial charge in [-0.15, -0.1) is 0 Å². The fraction of sp³-hybridized carbons (Fsp3) is 0.661. The minimum absolute atomic E-state index is 0.0395. The van der Waals surface area contributed by atoms with Crippen LogP contribution in [0.1, 0.15) is 200 Å². The van der Waals surface area contributed by atoms with Crippen LogP contribution in [0.25, 0.3) is 0 Å². The summed E-state index contributed by atoms with van der Waals surface area (Å²) in [6.07, 6.45) is 68.4. The summed E-state index contributed by atoms with van der Waals surface area (Å²) in [4.78, 5) is 37.7. The molecule has 0 spiro atoms. The number of allylic oxidation sites excluding steroid dienone is 18. The quantitative estimate of drug-likeness (QED) is 0.0195. The summed E-state index contributed by atoms with van der Waals surface area (Å²) in [6, 6.07) is 0. The van der Waals surface area contributed by atoms with E-state index >= 15 is 0 Å². The third-order valence-corrected chi connectivity index (χ3v) is 12.0. The molecule has 0 radical (unpaired) electrons. The van der Waals surface area contributed by atoms with Gasteiger partial charge in [0.2, 0.25) is 0 Å². The van der Waals surface area contributed by atoms with E-state index in [9.17, 15) is 19.0 Å². The van der Waals surface area contributed by atoms with Crippen molar-refractivity contribution in [1.82, 2.24) is 0 Å². The number of rotatable bonds is 48. The molecule has 0 saturated heterocycles. The van der Waals surface area contributed by atoms with Gasteiger partial charge >= 0.3 is 11.9 Å². The maximum Gasteiger partial charge on any atom is 0.306 e. The Labute approximate surface area is 423 Å². The summed E-state index contributed by atoms with van der Waals surface area (Å²) in [5.41, 5.74) is 0. The third kappa shape index (κ3) is 53.9. The molecule has 2 unspecified atom stereocenters. The van der Waals surface area contributed by atoms with Crippen molar-refractivity contribution in [3.8, 4) is 0 Å². The molecule has 0 heterocycles. The van der Waals surface area contributed by atoms with Crippen molar-refractivity contribution in [3.63, 3.8) is 0 Å². The van der Waals surface area contributed by atoms with Crippen LogP contribution in [0.4, 0.5) is 0 Å². The first-order valence-corrected chi connectivity index (χ1v) is 28.6. The van der Waals surface area contributed by atoms with E-state index in [1.807, 2.05) is 21.1 Å². The molecule has 0 aromatic rings. The van der Waals surface area contributed by atoms with Crippen LogP contribution in [-0.4, -0.2) is 70.0 Å². The molecule has 0 fully saturated rings. The van der Waals surface area contributed by atoms with Crippen molar-refractivity contribution in [2.45, 2.75) is 206 Å². The zero-order valence-electron chi connectivity index (χ0n) is 44.5. The van der Waals surface area contributed by atoms with Crippen molar-refractivity contribution >= 4 is 19.8 Å². The van der Waals surface area contributed by atoms with E-state index in [1.165, 1.54) is 57.8 Å². The van der Waals surface area contributed by atoms with Gasteiger partial charge in [-0.3, -0.25) is 14.2 Å². The number of phosphoric ester groups is 1. The summed E-state index contributed by atoms with van der Waals surface area (Å²) >= 11 is 0. The van der Waals surface area contributed by atoms with Gasteiger partial charge < -0.3 is 27.9 Å². The zero-order valence-corrected chi connectivity index (χ0v) is 45.4. The van der Waals surface area contributed by atoms with E-state index in [2.05, 4.69) is 123 Å². The lowest BCUT2D eigenvalue weighted by Crippen LogP contribution is -2.37. The van der Waals surface area contributed by atoms with Crippen LogP contribution in [-0.2, 0) is 32.7 Å². The fourth-order valence-electron chi connectivity index (χ4n) is 6.88. The summed E-state index contributed by atoms with van der Waals surface area (Å²) in [7, 11) is 1.14. The monoisotopic (exact) mass is 982 g/mol. The molecule has 69 heavy (non-hydrogen) atoms. The normalized spacial score (nSPS) is 14.2. The molecular formula is C59H100NO8P. The predicted octanol–water partition coefficient (Wildman–Crippen LogP) is 16.0. The van der Waals surface area contributed by atoms with Crippen LogP contribution in [0, 0.1) is 0 Å². The van der Waals surface area contributed by atoms with E-state index < -0.39 is 32.5 Å². The van der Waals surface area contributed by atoms with Crippen LogP contribution >= 0.6 is 7.82 Å². The average Bonchev–Trinajstić information content (AvgIpc) is 3.31. The molecule has 0 bridgehead atoms. The van der Waals surface area contributed by atoms with Gasteiger partial charge in [0.05, 0.1) is 27.7 Å². The Hall–Kier alpha value is -3.33. The topological polar surface area (TPSA) is 111 Å². The predicted molar refractivity (Wildman–Crippen MR) is 291 cm³/mol. The minimum Gasteiger partial charge on any atom is -0.756 e. The second-order valence-electron chi connectivity index (χ2n) is 18.9. The number of hydrogen-bond donors (Lipinski definition) is 0. The summed E-state index contributed by atoms with van der Waals surface area (Å²) in [5, 5.41) is 0. The number of esters is 2. The number of carbonyl (C=O) groups is 2. The molecule has 394 valence electrons. The number of unbranched alkanes of at least 4 members (excludes halogenated alkanes) is 16. The van der Waals surface area contributed by atoms with Gasteiger partial charge in [-0.2, -0.15) is 0 Å². The van der Waals surface area contributed by atoms with E-state index in [-0.39, 0.29) is 26.1 Å². The first-order chi connectivity index (χ1) is 33.5. The Morgan fingerprint density at radius 1 is 0.464 bits per heavy atom. The van der Waals surface area contributed by atoms with Crippen LogP contribution in [0.15, 0.2) is 109 Å². The maximum absolute atomic E-state index is 12.7. The van der Waals surface area contributed by atoms with E-state index in [0.717, 1.165) is 109 Å². The van der Waals surface area contributed by atoms with Crippen molar-refractivity contribution in [1.29, 1.82) is 0 Å². The smallest absolute Gasteiger partial charge is 0.306 e. The SMILES string of the molecule is CC/C=C\C/C=C\C/C=C\C/C=C\C/C=C\C/C=C\C/C=C\C/C=C\C/C=C\CCCCCCCC(=O)OC(COC(=O)CCCCCCCCCCCCCC)COP(=O)([O-])OCC[N+](C)(C)C. The number of hydrogen-bond acceptors (Lipinski definition) is 8. The highest BCUT2D eigenvalue weighted by atomic mass is 31.2. The highest BCUT2D eigenvalue weighted by molar-refractivity contribution is 7.45. The molecule has 0 aromatic carbocycles. The molecule has 10 heteroatoms. The van der Waals surface area contributed by atoms with Crippen molar-refractivity contribution in [2.24, 2.45) is 0 Å². The van der Waals surface area contributed by atoms with Gasteiger partial charge in [0.1, 0.15) is 19.8 Å². The van der Waals surface area contributed by atoms with Crippen LogP contribution in [0.5, 0.6) is 0 Å². The van der Waals surface area contributed by atoms with Gasteiger partial charge in [0.15, 0.2) is 6.10 Å². The number of likely N-dealkylation sites (N-methyl/N-ethyl adjacent to an activating group) is 1. The fourth-order valence-corrected chi connectivity index (χ4v) is 7.61. The van der Waals surface area contributed by atoms with E-state index in [4.69, 9.17) is 18.5 Å². The second kappa shape index (κ2) is 49.6. The van der Waals surface area contributed by atoms with Crippen molar-refractivity contribution in [2.75, 3.05) is 47.5 Å². The molecule has 0 aromatic heterocycles. The average molecular weight is 982 g/mol. The summed E-state index contributed by atoms with van der Waals surface area (Å²) in [5.74, 6) is -0.862. The highest BCUT2D eigenvalue weighted by Crippen LogP contribution is 2.38. The first kappa shape index (κ1) is 65.7. The molecule has 2 atom stereocenters. The Balaban J connectivity index is 4.22. The molecule has 0 amide bonds. The number of ether oxygens (including phenoxy) is 2. The summed E-state index contributed by atoms with van der Waals surface area (Å²) < 4.78 is 34.0. The van der Waals surface area contributed by atoms with Gasteiger partial charge in [-0.05, 0) is 83.5 Å². The number of nitrogens with zero attached hydrogens (tertiary/aromatic N) is 1. The van der Waals surface area contributed by atoms with Crippen molar-refractivity contribution < 1.29 is 42.1 Å². The van der Waals surface area contributed by atoms with Gasteiger partial charge in [-0.25, -0.2) is 0 Å².